The Morgan fingerprint density at radius 2 is 1.71 bits per heavy atom. The lowest BCUT2D eigenvalue weighted by Gasteiger charge is -2.09. The van der Waals surface area contributed by atoms with Gasteiger partial charge in [-0.2, -0.15) is 0 Å². The van der Waals surface area contributed by atoms with Gasteiger partial charge in [0.2, 0.25) is 15.9 Å². The van der Waals surface area contributed by atoms with Crippen molar-refractivity contribution in [2.24, 2.45) is 5.14 Å². The maximum absolute atomic E-state index is 12.0. The number of nitrogens with one attached hydrogen (secondary N) is 1. The van der Waals surface area contributed by atoms with Crippen molar-refractivity contribution in [3.05, 3.63) is 59.7 Å². The summed E-state index contributed by atoms with van der Waals surface area (Å²) in [6.07, 6.45) is 0.166. The van der Waals surface area contributed by atoms with Crippen LogP contribution in [0.5, 0.6) is 0 Å². The van der Waals surface area contributed by atoms with Gasteiger partial charge in [0.15, 0.2) is 0 Å². The minimum atomic E-state index is -3.87. The van der Waals surface area contributed by atoms with Gasteiger partial charge in [0.05, 0.1) is 12.1 Å². The Bertz CT molecular complexity index is 753. The molecule has 3 N–H and O–H groups in total. The molecule has 0 heterocycles. The van der Waals surface area contributed by atoms with E-state index >= 15 is 0 Å². The quantitative estimate of drug-likeness (QED) is 0.903. The van der Waals surface area contributed by atoms with Crippen molar-refractivity contribution < 1.29 is 13.2 Å². The van der Waals surface area contributed by atoms with E-state index in [-0.39, 0.29) is 22.9 Å². The zero-order valence-corrected chi connectivity index (χ0v) is 12.4. The van der Waals surface area contributed by atoms with Gasteiger partial charge in [0.1, 0.15) is 4.90 Å². The fourth-order valence-electron chi connectivity index (χ4n) is 1.90. The van der Waals surface area contributed by atoms with Crippen molar-refractivity contribution >= 4 is 21.6 Å². The maximum atomic E-state index is 12.0. The van der Waals surface area contributed by atoms with E-state index in [4.69, 9.17) is 5.14 Å². The van der Waals surface area contributed by atoms with Gasteiger partial charge in [0.25, 0.3) is 0 Å². The molecule has 2 rings (SSSR count). The Balaban J connectivity index is 2.15. The topological polar surface area (TPSA) is 89.3 Å². The third kappa shape index (κ3) is 4.14. The highest BCUT2D eigenvalue weighted by molar-refractivity contribution is 7.89. The number of hydrogen-bond donors (Lipinski definition) is 2. The van der Waals surface area contributed by atoms with Crippen molar-refractivity contribution in [1.82, 2.24) is 0 Å². The van der Waals surface area contributed by atoms with Crippen LogP contribution in [0.15, 0.2) is 53.4 Å². The van der Waals surface area contributed by atoms with Gasteiger partial charge in [-0.15, -0.1) is 0 Å². The zero-order chi connectivity index (χ0) is 15.5. The van der Waals surface area contributed by atoms with Crippen molar-refractivity contribution in [1.29, 1.82) is 0 Å². The number of amides is 1. The van der Waals surface area contributed by atoms with Crippen molar-refractivity contribution in [2.45, 2.75) is 18.2 Å². The van der Waals surface area contributed by atoms with E-state index in [1.165, 1.54) is 12.1 Å². The third-order valence-corrected chi connectivity index (χ3v) is 3.92. The number of para-hydroxylation sites is 1. The smallest absolute Gasteiger partial charge is 0.240 e. The lowest BCUT2D eigenvalue weighted by Crippen LogP contribution is -2.19. The van der Waals surface area contributed by atoms with E-state index < -0.39 is 10.0 Å². The second-order valence-corrected chi connectivity index (χ2v) is 6.28. The summed E-state index contributed by atoms with van der Waals surface area (Å²) in [7, 11) is -3.87. The molecule has 0 saturated carbocycles. The number of rotatable bonds is 4. The average molecular weight is 304 g/mol. The van der Waals surface area contributed by atoms with Crippen LogP contribution in [0.2, 0.25) is 0 Å². The van der Waals surface area contributed by atoms with Crippen LogP contribution in [-0.2, 0) is 21.2 Å². The van der Waals surface area contributed by atoms with E-state index in [9.17, 15) is 13.2 Å². The molecule has 2 aromatic carbocycles. The van der Waals surface area contributed by atoms with Crippen LogP contribution in [0, 0.1) is 6.92 Å². The minimum Gasteiger partial charge on any atom is -0.325 e. The molecule has 0 bridgehead atoms. The molecule has 0 fully saturated rings. The number of aryl methyl sites for hydroxylation is 1. The van der Waals surface area contributed by atoms with Gasteiger partial charge in [-0.3, -0.25) is 4.79 Å². The van der Waals surface area contributed by atoms with E-state index in [0.29, 0.717) is 0 Å². The van der Waals surface area contributed by atoms with E-state index in [2.05, 4.69) is 5.32 Å². The standard InChI is InChI=1S/C15H16N2O3S/c1-11-6-8-12(9-7-11)10-15(18)17-13-4-2-3-5-14(13)21(16,19)20/h2-9H,10H2,1H3,(H,17,18)(H2,16,19,20). The number of primary sulfonamides is 1. The summed E-state index contributed by atoms with van der Waals surface area (Å²) in [5.74, 6) is -0.296. The minimum absolute atomic E-state index is 0.0951. The monoisotopic (exact) mass is 304 g/mol. The van der Waals surface area contributed by atoms with Crippen LogP contribution in [0.25, 0.3) is 0 Å². The predicted molar refractivity (Wildman–Crippen MR) is 81.3 cm³/mol. The molecule has 5 nitrogen and oxygen atoms in total. The Morgan fingerprint density at radius 1 is 1.10 bits per heavy atom. The van der Waals surface area contributed by atoms with Crippen molar-refractivity contribution in [2.75, 3.05) is 5.32 Å². The highest BCUT2D eigenvalue weighted by Crippen LogP contribution is 2.19. The largest absolute Gasteiger partial charge is 0.325 e. The van der Waals surface area contributed by atoms with Crippen molar-refractivity contribution in [3.8, 4) is 0 Å². The number of anilines is 1. The Morgan fingerprint density at radius 3 is 2.33 bits per heavy atom. The lowest BCUT2D eigenvalue weighted by atomic mass is 10.1. The van der Waals surface area contributed by atoms with Gasteiger partial charge < -0.3 is 5.32 Å². The molecule has 0 aliphatic carbocycles. The molecule has 110 valence electrons. The van der Waals surface area contributed by atoms with Crippen LogP contribution in [-0.4, -0.2) is 14.3 Å². The van der Waals surface area contributed by atoms with Crippen LogP contribution in [0.1, 0.15) is 11.1 Å². The van der Waals surface area contributed by atoms with Gasteiger partial charge in [-0.25, -0.2) is 13.6 Å². The molecule has 21 heavy (non-hydrogen) atoms. The summed E-state index contributed by atoms with van der Waals surface area (Å²) in [6, 6.07) is 13.6. The van der Waals surface area contributed by atoms with E-state index in [1.54, 1.807) is 12.1 Å². The average Bonchev–Trinajstić information content (AvgIpc) is 2.41. The molecular weight excluding hydrogens is 288 g/mol. The first kappa shape index (κ1) is 15.2. The Labute approximate surface area is 123 Å². The van der Waals surface area contributed by atoms with Crippen LogP contribution in [0.4, 0.5) is 5.69 Å². The van der Waals surface area contributed by atoms with Crippen LogP contribution < -0.4 is 10.5 Å². The lowest BCUT2D eigenvalue weighted by molar-refractivity contribution is -0.115. The van der Waals surface area contributed by atoms with Gasteiger partial charge >= 0.3 is 0 Å². The predicted octanol–water partition coefficient (Wildman–Crippen LogP) is 1.82. The molecule has 1 amide bonds. The fraction of sp³-hybridized carbons (Fsp3) is 0.133. The molecule has 0 unspecified atom stereocenters. The maximum Gasteiger partial charge on any atom is 0.240 e. The summed E-state index contributed by atoms with van der Waals surface area (Å²) in [4.78, 5) is 11.9. The zero-order valence-electron chi connectivity index (χ0n) is 11.5. The summed E-state index contributed by atoms with van der Waals surface area (Å²) < 4.78 is 22.9. The molecular formula is C15H16N2O3S. The summed E-state index contributed by atoms with van der Waals surface area (Å²) in [5, 5.41) is 7.71. The number of carbonyl (C=O) groups excluding carboxylic acids is 1. The molecule has 0 aromatic heterocycles. The molecule has 2 aromatic rings. The molecule has 0 aliphatic heterocycles. The Kier molecular flexibility index (Phi) is 4.40. The van der Waals surface area contributed by atoms with E-state index in [1.807, 2.05) is 31.2 Å². The number of hydrogen-bond acceptors (Lipinski definition) is 3. The molecule has 0 spiro atoms. The molecule has 0 radical (unpaired) electrons. The first-order valence-corrected chi connectivity index (χ1v) is 7.88. The number of carbonyl (C=O) groups is 1. The number of benzene rings is 2. The molecule has 0 aliphatic rings. The molecule has 0 atom stereocenters. The highest BCUT2D eigenvalue weighted by Gasteiger charge is 2.15. The van der Waals surface area contributed by atoms with E-state index in [0.717, 1.165) is 11.1 Å². The summed E-state index contributed by atoms with van der Waals surface area (Å²) in [5.41, 5.74) is 2.15. The first-order valence-electron chi connectivity index (χ1n) is 6.33. The SMILES string of the molecule is Cc1ccc(CC(=O)Nc2ccccc2S(N)(=O)=O)cc1. The molecule has 6 heteroatoms. The number of nitrogens with two attached hydrogens (primary N) is 1. The third-order valence-electron chi connectivity index (χ3n) is 2.95. The second-order valence-electron chi connectivity index (χ2n) is 4.75. The summed E-state index contributed by atoms with van der Waals surface area (Å²) in [6.45, 7) is 1.96. The van der Waals surface area contributed by atoms with Gasteiger partial charge in [0, 0.05) is 0 Å². The number of sulfonamides is 1. The summed E-state index contributed by atoms with van der Waals surface area (Å²) >= 11 is 0. The van der Waals surface area contributed by atoms with Gasteiger partial charge in [-0.05, 0) is 24.6 Å². The first-order chi connectivity index (χ1) is 9.86. The van der Waals surface area contributed by atoms with Crippen LogP contribution in [0.3, 0.4) is 0 Å². The normalized spacial score (nSPS) is 11.1. The molecule has 0 saturated heterocycles. The second kappa shape index (κ2) is 6.07. The van der Waals surface area contributed by atoms with Crippen molar-refractivity contribution in [3.63, 3.8) is 0 Å². The highest BCUT2D eigenvalue weighted by atomic mass is 32.2. The fourth-order valence-corrected chi connectivity index (χ4v) is 2.60. The van der Waals surface area contributed by atoms with Crippen LogP contribution >= 0.6 is 0 Å². The van der Waals surface area contributed by atoms with Gasteiger partial charge in [-0.1, -0.05) is 42.0 Å². The Hall–Kier alpha value is -2.18.